The quantitative estimate of drug-likeness (QED) is 0.724. The summed E-state index contributed by atoms with van der Waals surface area (Å²) in [6, 6.07) is 7.19. The first kappa shape index (κ1) is 17.3. The molecule has 1 aromatic rings. The number of carbonyl (C=O) groups excluding carboxylic acids is 2. The van der Waals surface area contributed by atoms with Gasteiger partial charge in [0.05, 0.1) is 6.61 Å². The fourth-order valence-corrected chi connectivity index (χ4v) is 2.38. The van der Waals surface area contributed by atoms with Gasteiger partial charge in [0.1, 0.15) is 11.2 Å². The van der Waals surface area contributed by atoms with Gasteiger partial charge in [0.15, 0.2) is 0 Å². The minimum atomic E-state index is -0.879. The van der Waals surface area contributed by atoms with Crippen LogP contribution in [0.3, 0.4) is 0 Å². The molecule has 2 rings (SSSR count). The molecule has 1 saturated carbocycles. The summed E-state index contributed by atoms with van der Waals surface area (Å²) >= 11 is 0. The number of hydrogen-bond donors (Lipinski definition) is 2. The Labute approximate surface area is 137 Å². The van der Waals surface area contributed by atoms with E-state index in [1.807, 2.05) is 6.92 Å². The molecule has 0 aliphatic heterocycles. The van der Waals surface area contributed by atoms with E-state index >= 15 is 0 Å². The lowest BCUT2D eigenvalue weighted by Gasteiger charge is -2.16. The van der Waals surface area contributed by atoms with Crippen molar-refractivity contribution in [2.75, 3.05) is 18.5 Å². The average molecular weight is 318 g/mol. The van der Waals surface area contributed by atoms with Crippen LogP contribution in [0.1, 0.15) is 40.0 Å². The maximum Gasteiger partial charge on any atom is 0.240 e. The molecular formula is C18H26N2O3. The Hall–Kier alpha value is -2.04. The van der Waals surface area contributed by atoms with E-state index in [-0.39, 0.29) is 11.8 Å². The Morgan fingerprint density at radius 3 is 2.35 bits per heavy atom. The number of rotatable bonds is 8. The Bertz CT molecular complexity index is 548. The van der Waals surface area contributed by atoms with Gasteiger partial charge in [-0.25, -0.2) is 0 Å². The van der Waals surface area contributed by atoms with E-state index in [0.717, 1.165) is 12.2 Å². The van der Waals surface area contributed by atoms with Gasteiger partial charge in [-0.05, 0) is 56.4 Å². The maximum atomic E-state index is 12.4. The second-order valence-electron chi connectivity index (χ2n) is 6.43. The molecule has 126 valence electrons. The van der Waals surface area contributed by atoms with E-state index in [4.69, 9.17) is 4.74 Å². The molecule has 2 N–H and O–H groups in total. The van der Waals surface area contributed by atoms with Gasteiger partial charge in [-0.2, -0.15) is 0 Å². The monoisotopic (exact) mass is 318 g/mol. The van der Waals surface area contributed by atoms with Crippen LogP contribution in [0.4, 0.5) is 5.69 Å². The summed E-state index contributed by atoms with van der Waals surface area (Å²) in [5, 5.41) is 5.73. The van der Waals surface area contributed by atoms with Crippen molar-refractivity contribution in [1.82, 2.24) is 5.32 Å². The van der Waals surface area contributed by atoms with Crippen molar-refractivity contribution in [3.63, 3.8) is 0 Å². The number of anilines is 1. The van der Waals surface area contributed by atoms with Crippen molar-refractivity contribution in [3.05, 3.63) is 24.3 Å². The first-order valence-corrected chi connectivity index (χ1v) is 8.30. The van der Waals surface area contributed by atoms with Crippen LogP contribution in [0.25, 0.3) is 0 Å². The summed E-state index contributed by atoms with van der Waals surface area (Å²) in [4.78, 5) is 24.7. The van der Waals surface area contributed by atoms with Crippen molar-refractivity contribution < 1.29 is 14.3 Å². The third kappa shape index (κ3) is 4.47. The summed E-state index contributed by atoms with van der Waals surface area (Å²) in [7, 11) is 0. The lowest BCUT2D eigenvalue weighted by Crippen LogP contribution is -2.40. The molecule has 2 amide bonds. The number of nitrogens with one attached hydrogen (secondary N) is 2. The van der Waals surface area contributed by atoms with Crippen LogP contribution < -0.4 is 15.4 Å². The molecule has 5 heteroatoms. The van der Waals surface area contributed by atoms with E-state index in [9.17, 15) is 9.59 Å². The van der Waals surface area contributed by atoms with Gasteiger partial charge in [0.25, 0.3) is 0 Å². The third-order valence-electron chi connectivity index (χ3n) is 4.05. The predicted molar refractivity (Wildman–Crippen MR) is 90.4 cm³/mol. The van der Waals surface area contributed by atoms with Crippen molar-refractivity contribution in [2.24, 2.45) is 11.3 Å². The third-order valence-corrected chi connectivity index (χ3v) is 4.05. The van der Waals surface area contributed by atoms with Crippen LogP contribution in [0.15, 0.2) is 24.3 Å². The predicted octanol–water partition coefficient (Wildman–Crippen LogP) is 2.97. The Kier molecular flexibility index (Phi) is 5.64. The van der Waals surface area contributed by atoms with Gasteiger partial charge >= 0.3 is 0 Å². The molecule has 0 spiro atoms. The largest absolute Gasteiger partial charge is 0.494 e. The molecule has 1 fully saturated rings. The molecule has 0 heterocycles. The van der Waals surface area contributed by atoms with E-state index in [1.165, 1.54) is 0 Å². The van der Waals surface area contributed by atoms with Gasteiger partial charge in [0.2, 0.25) is 11.8 Å². The fourth-order valence-electron chi connectivity index (χ4n) is 2.38. The molecular weight excluding hydrogens is 292 g/mol. The molecule has 1 aliphatic carbocycles. The molecule has 5 nitrogen and oxygen atoms in total. The second kappa shape index (κ2) is 7.49. The highest BCUT2D eigenvalue weighted by Crippen LogP contribution is 2.46. The Morgan fingerprint density at radius 1 is 1.17 bits per heavy atom. The number of hydrogen-bond acceptors (Lipinski definition) is 3. The standard InChI is InChI=1S/C18H26N2O3/c1-4-23-15-7-5-14(6-8-15)20-17(22)18(10-11-18)16(21)19-12-9-13(2)3/h5-8,13H,4,9-12H2,1-3H3,(H,19,21)(H,20,22). The molecule has 0 radical (unpaired) electrons. The number of benzene rings is 1. The molecule has 1 aromatic carbocycles. The number of carbonyl (C=O) groups is 2. The van der Waals surface area contributed by atoms with Gasteiger partial charge in [0, 0.05) is 12.2 Å². The van der Waals surface area contributed by atoms with Crippen LogP contribution in [0.2, 0.25) is 0 Å². The van der Waals surface area contributed by atoms with Crippen LogP contribution >= 0.6 is 0 Å². The molecule has 1 aliphatic rings. The normalized spacial score (nSPS) is 15.1. The van der Waals surface area contributed by atoms with E-state index in [1.54, 1.807) is 24.3 Å². The smallest absolute Gasteiger partial charge is 0.240 e. The summed E-state index contributed by atoms with van der Waals surface area (Å²) in [5.41, 5.74) is -0.199. The van der Waals surface area contributed by atoms with Crippen LogP contribution in [0.5, 0.6) is 5.75 Å². The lowest BCUT2D eigenvalue weighted by atomic mass is 10.0. The highest BCUT2D eigenvalue weighted by molar-refractivity contribution is 6.13. The van der Waals surface area contributed by atoms with Crippen LogP contribution in [-0.2, 0) is 9.59 Å². The second-order valence-corrected chi connectivity index (χ2v) is 6.43. The SMILES string of the molecule is CCOc1ccc(NC(=O)C2(C(=O)NCCC(C)C)CC2)cc1. The molecule has 23 heavy (non-hydrogen) atoms. The fraction of sp³-hybridized carbons (Fsp3) is 0.556. The highest BCUT2D eigenvalue weighted by atomic mass is 16.5. The molecule has 0 unspecified atom stereocenters. The van der Waals surface area contributed by atoms with Crippen molar-refractivity contribution >= 4 is 17.5 Å². The first-order valence-electron chi connectivity index (χ1n) is 8.30. The summed E-state index contributed by atoms with van der Waals surface area (Å²) < 4.78 is 5.37. The van der Waals surface area contributed by atoms with Gasteiger partial charge in [-0.15, -0.1) is 0 Å². The molecule has 0 bridgehead atoms. The van der Waals surface area contributed by atoms with Crippen molar-refractivity contribution in [2.45, 2.75) is 40.0 Å². The number of amides is 2. The summed E-state index contributed by atoms with van der Waals surface area (Å²) in [6.07, 6.45) is 2.15. The van der Waals surface area contributed by atoms with Gasteiger partial charge < -0.3 is 15.4 Å². The molecule has 0 aromatic heterocycles. The van der Waals surface area contributed by atoms with Gasteiger partial charge in [-0.3, -0.25) is 9.59 Å². The Balaban J connectivity index is 1.90. The minimum absolute atomic E-state index is 0.151. The van der Waals surface area contributed by atoms with E-state index < -0.39 is 5.41 Å². The van der Waals surface area contributed by atoms with Crippen LogP contribution in [-0.4, -0.2) is 25.0 Å². The highest BCUT2D eigenvalue weighted by Gasteiger charge is 2.56. The zero-order valence-electron chi connectivity index (χ0n) is 14.1. The van der Waals surface area contributed by atoms with E-state index in [2.05, 4.69) is 24.5 Å². The Morgan fingerprint density at radius 2 is 1.83 bits per heavy atom. The zero-order chi connectivity index (χ0) is 16.9. The summed E-state index contributed by atoms with van der Waals surface area (Å²) in [5.74, 6) is 0.923. The lowest BCUT2D eigenvalue weighted by molar-refractivity contribution is -0.134. The van der Waals surface area contributed by atoms with Crippen molar-refractivity contribution in [1.29, 1.82) is 0 Å². The van der Waals surface area contributed by atoms with E-state index in [0.29, 0.717) is 37.6 Å². The minimum Gasteiger partial charge on any atom is -0.494 e. The zero-order valence-corrected chi connectivity index (χ0v) is 14.1. The topological polar surface area (TPSA) is 67.4 Å². The van der Waals surface area contributed by atoms with Crippen molar-refractivity contribution in [3.8, 4) is 5.75 Å². The average Bonchev–Trinajstić information content (AvgIpc) is 3.31. The number of ether oxygens (including phenoxy) is 1. The van der Waals surface area contributed by atoms with Gasteiger partial charge in [-0.1, -0.05) is 13.8 Å². The molecule has 0 saturated heterocycles. The first-order chi connectivity index (χ1) is 11.0. The van der Waals surface area contributed by atoms with Crippen LogP contribution in [0, 0.1) is 11.3 Å². The molecule has 0 atom stereocenters. The summed E-state index contributed by atoms with van der Waals surface area (Å²) in [6.45, 7) is 7.36. The maximum absolute atomic E-state index is 12.4.